The van der Waals surface area contributed by atoms with E-state index in [1.807, 2.05) is 48.8 Å². The number of amidine groups is 1. The van der Waals surface area contributed by atoms with Gasteiger partial charge in [-0.05, 0) is 69.5 Å². The van der Waals surface area contributed by atoms with Crippen LogP contribution >= 0.6 is 11.8 Å². The van der Waals surface area contributed by atoms with Crippen LogP contribution in [0.5, 0.6) is 0 Å². The first-order chi connectivity index (χ1) is 18.7. The zero-order valence-electron chi connectivity index (χ0n) is 22.6. The molecule has 0 aliphatic heterocycles. The fourth-order valence-electron chi connectivity index (χ4n) is 4.54. The van der Waals surface area contributed by atoms with Gasteiger partial charge >= 0.3 is 0 Å². The van der Waals surface area contributed by atoms with E-state index in [-0.39, 0.29) is 11.6 Å². The Labute approximate surface area is 230 Å². The van der Waals surface area contributed by atoms with Gasteiger partial charge in [0.2, 0.25) is 0 Å². The Morgan fingerprint density at radius 3 is 2.54 bits per heavy atom. The Bertz CT molecular complexity index is 1600. The minimum absolute atomic E-state index is 0.159. The van der Waals surface area contributed by atoms with Gasteiger partial charge in [0.15, 0.2) is 17.5 Å². The fourth-order valence-corrected chi connectivity index (χ4v) is 4.98. The van der Waals surface area contributed by atoms with Gasteiger partial charge in [-0.15, -0.1) is 11.8 Å². The number of allylic oxidation sites excluding steroid dienone is 2. The second-order valence-corrected chi connectivity index (χ2v) is 10.7. The van der Waals surface area contributed by atoms with Crippen molar-refractivity contribution in [2.24, 2.45) is 10.9 Å². The van der Waals surface area contributed by atoms with Crippen molar-refractivity contribution < 1.29 is 8.78 Å². The number of aromatic nitrogens is 4. The van der Waals surface area contributed by atoms with E-state index in [1.54, 1.807) is 20.2 Å². The summed E-state index contributed by atoms with van der Waals surface area (Å²) in [5.41, 5.74) is 5.22. The van der Waals surface area contributed by atoms with E-state index in [4.69, 9.17) is 4.99 Å². The van der Waals surface area contributed by atoms with Crippen LogP contribution in [0.2, 0.25) is 0 Å². The summed E-state index contributed by atoms with van der Waals surface area (Å²) in [6.07, 6.45) is 7.60. The number of nitrogens with one attached hydrogen (secondary N) is 2. The number of fused-ring (bicyclic) bond motifs is 1. The van der Waals surface area contributed by atoms with Gasteiger partial charge in [0.25, 0.3) is 0 Å². The first kappa shape index (κ1) is 26.7. The molecule has 202 valence electrons. The van der Waals surface area contributed by atoms with Gasteiger partial charge < -0.3 is 10.2 Å². The predicted octanol–water partition coefficient (Wildman–Crippen LogP) is 6.98. The van der Waals surface area contributed by atoms with Crippen LogP contribution in [-0.4, -0.2) is 38.7 Å². The highest BCUT2D eigenvalue weighted by Gasteiger charge is 2.32. The summed E-state index contributed by atoms with van der Waals surface area (Å²) in [6.45, 7) is 10.1. The summed E-state index contributed by atoms with van der Waals surface area (Å²) in [5, 5.41) is 10.6. The standard InChI is InChI=1S/C29H31F2N7S/c1-16-7-10-26-32-14-24(38(26)15-16)18(3)27(20-8-9-20)29(34-25-11-17(2)35-36-25)33-19(4)37(5)28-22(30)12-21(39-6)13-23(28)31/h7,10-15,20H,3,8-9H2,1-2,4-6H3,(H2,34,35,36)/b29-27-,33-19+. The molecule has 7 nitrogen and oxygen atoms in total. The van der Waals surface area contributed by atoms with Gasteiger partial charge in [-0.3, -0.25) is 9.50 Å². The lowest BCUT2D eigenvalue weighted by Crippen LogP contribution is -2.26. The number of H-pyrrole nitrogens is 1. The van der Waals surface area contributed by atoms with Crippen LogP contribution in [-0.2, 0) is 0 Å². The monoisotopic (exact) mass is 547 g/mol. The lowest BCUT2D eigenvalue weighted by Gasteiger charge is -2.22. The molecule has 3 aromatic heterocycles. The molecule has 0 atom stereocenters. The van der Waals surface area contributed by atoms with Crippen LogP contribution < -0.4 is 10.2 Å². The molecule has 0 saturated heterocycles. The zero-order valence-corrected chi connectivity index (χ0v) is 23.5. The maximum absolute atomic E-state index is 15.0. The van der Waals surface area contributed by atoms with Crippen molar-refractivity contribution in [2.45, 2.75) is 38.5 Å². The van der Waals surface area contributed by atoms with Crippen molar-refractivity contribution in [1.29, 1.82) is 0 Å². The second kappa shape index (κ2) is 10.7. The molecule has 5 rings (SSSR count). The summed E-state index contributed by atoms with van der Waals surface area (Å²) in [7, 11) is 1.61. The maximum atomic E-state index is 15.0. The molecule has 0 bridgehead atoms. The lowest BCUT2D eigenvalue weighted by molar-refractivity contribution is 0.579. The molecule has 1 aromatic carbocycles. The van der Waals surface area contributed by atoms with Crippen LogP contribution in [0.4, 0.5) is 20.3 Å². The quantitative estimate of drug-likeness (QED) is 0.108. The van der Waals surface area contributed by atoms with Gasteiger partial charge in [0, 0.05) is 41.0 Å². The molecule has 0 unspecified atom stereocenters. The second-order valence-electron chi connectivity index (χ2n) is 9.81. The smallest absolute Gasteiger partial charge is 0.153 e. The fraction of sp³-hybridized carbons (Fsp3) is 0.276. The molecule has 39 heavy (non-hydrogen) atoms. The molecule has 0 spiro atoms. The van der Waals surface area contributed by atoms with Crippen molar-refractivity contribution in [3.8, 4) is 0 Å². The van der Waals surface area contributed by atoms with Crippen molar-refractivity contribution in [3.05, 3.63) is 89.3 Å². The summed E-state index contributed by atoms with van der Waals surface area (Å²) < 4.78 is 32.0. The zero-order chi connectivity index (χ0) is 27.8. The van der Waals surface area contributed by atoms with Crippen molar-refractivity contribution >= 4 is 40.3 Å². The van der Waals surface area contributed by atoms with Crippen molar-refractivity contribution in [1.82, 2.24) is 19.6 Å². The molecular formula is C29H31F2N7S. The highest BCUT2D eigenvalue weighted by molar-refractivity contribution is 7.98. The number of benzene rings is 1. The molecule has 0 radical (unpaired) electrons. The van der Waals surface area contributed by atoms with Gasteiger partial charge in [0.05, 0.1) is 11.9 Å². The number of rotatable bonds is 8. The number of halogens is 2. The summed E-state index contributed by atoms with van der Waals surface area (Å²) in [4.78, 5) is 11.4. The Kier molecular flexibility index (Phi) is 7.31. The minimum Gasteiger partial charge on any atom is -0.328 e. The molecule has 1 aliphatic rings. The van der Waals surface area contributed by atoms with E-state index in [0.717, 1.165) is 46.6 Å². The number of hydrogen-bond acceptors (Lipinski definition) is 5. The summed E-state index contributed by atoms with van der Waals surface area (Å²) >= 11 is 1.28. The SMILES string of the molecule is C=C(/C(=C(\N=C(/C)N(C)c1c(F)cc(SC)cc1F)Nc1cc(C)[nH]n1)C1CC1)c1cnc2ccc(C)cn12. The van der Waals surface area contributed by atoms with Crippen LogP contribution in [0.3, 0.4) is 0 Å². The molecule has 1 saturated carbocycles. The Hall–Kier alpha value is -3.92. The molecule has 3 heterocycles. The molecule has 1 fully saturated rings. The van der Waals surface area contributed by atoms with E-state index in [9.17, 15) is 8.78 Å². The number of nitrogens with zero attached hydrogens (tertiary/aromatic N) is 5. The third kappa shape index (κ3) is 5.47. The molecule has 1 aliphatic carbocycles. The number of aryl methyl sites for hydroxylation is 2. The highest BCUT2D eigenvalue weighted by atomic mass is 32.2. The minimum atomic E-state index is -0.647. The first-order valence-corrected chi connectivity index (χ1v) is 13.9. The van der Waals surface area contributed by atoms with Crippen molar-refractivity contribution in [3.63, 3.8) is 0 Å². The maximum Gasteiger partial charge on any atom is 0.153 e. The van der Waals surface area contributed by atoms with Crippen LogP contribution in [0, 0.1) is 31.4 Å². The molecule has 4 aromatic rings. The molecule has 10 heteroatoms. The number of hydrogen-bond donors (Lipinski definition) is 2. The van der Waals surface area contributed by atoms with E-state index < -0.39 is 11.6 Å². The van der Waals surface area contributed by atoms with Gasteiger partial charge in [0.1, 0.15) is 23.0 Å². The number of anilines is 2. The van der Waals surface area contributed by atoms with Gasteiger partial charge in [-0.1, -0.05) is 12.6 Å². The number of aliphatic imine (C=N–C) groups is 1. The lowest BCUT2D eigenvalue weighted by atomic mass is 10.00. The largest absolute Gasteiger partial charge is 0.328 e. The van der Waals surface area contributed by atoms with Gasteiger partial charge in [-0.2, -0.15) is 5.10 Å². The predicted molar refractivity (Wildman–Crippen MR) is 155 cm³/mol. The number of aromatic amines is 1. The van der Waals surface area contributed by atoms with E-state index in [2.05, 4.69) is 27.1 Å². The number of thioether (sulfide) groups is 1. The van der Waals surface area contributed by atoms with E-state index in [0.29, 0.717) is 22.4 Å². The molecular weight excluding hydrogens is 516 g/mol. The van der Waals surface area contributed by atoms with Crippen LogP contribution in [0.25, 0.3) is 11.2 Å². The van der Waals surface area contributed by atoms with Crippen molar-refractivity contribution in [2.75, 3.05) is 23.5 Å². The first-order valence-electron chi connectivity index (χ1n) is 12.6. The third-order valence-corrected chi connectivity index (χ3v) is 7.51. The third-order valence-electron chi connectivity index (χ3n) is 6.80. The van der Waals surface area contributed by atoms with Crippen LogP contribution in [0.1, 0.15) is 36.7 Å². The van der Waals surface area contributed by atoms with Crippen LogP contribution in [0.15, 0.2) is 70.6 Å². The number of pyridine rings is 1. The van der Waals surface area contributed by atoms with Gasteiger partial charge in [-0.25, -0.2) is 18.8 Å². The van der Waals surface area contributed by atoms with E-state index >= 15 is 0 Å². The summed E-state index contributed by atoms with van der Waals surface area (Å²) in [5.74, 6) is 0.452. The Balaban J connectivity index is 1.63. The Morgan fingerprint density at radius 2 is 1.92 bits per heavy atom. The normalized spacial score (nSPS) is 14.5. The average molecular weight is 548 g/mol. The summed E-state index contributed by atoms with van der Waals surface area (Å²) in [6, 6.07) is 8.53. The highest BCUT2D eigenvalue weighted by Crippen LogP contribution is 2.44. The average Bonchev–Trinajstić information content (AvgIpc) is 3.50. The number of imidazole rings is 1. The molecule has 2 N–H and O–H groups in total. The van der Waals surface area contributed by atoms with E-state index in [1.165, 1.54) is 28.8 Å². The topological polar surface area (TPSA) is 73.6 Å². The Morgan fingerprint density at radius 1 is 1.21 bits per heavy atom. The molecule has 0 amide bonds.